The molecule has 6 nitrogen and oxygen atoms in total. The molecule has 0 aliphatic carbocycles. The Kier molecular flexibility index (Phi) is 7.68. The molecule has 0 aliphatic heterocycles. The highest BCUT2D eigenvalue weighted by Crippen LogP contribution is 2.36. The molecule has 0 unspecified atom stereocenters. The first-order valence-electron chi connectivity index (χ1n) is 9.50. The molecule has 0 bridgehead atoms. The molecule has 0 saturated carbocycles. The van der Waals surface area contributed by atoms with Gasteiger partial charge in [-0.25, -0.2) is 0 Å². The lowest BCUT2D eigenvalue weighted by atomic mass is 10.1. The van der Waals surface area contributed by atoms with Gasteiger partial charge in [0.25, 0.3) is 5.91 Å². The zero-order chi connectivity index (χ0) is 21.3. The van der Waals surface area contributed by atoms with E-state index in [0.717, 1.165) is 16.9 Å². The number of amides is 1. The van der Waals surface area contributed by atoms with Crippen molar-refractivity contribution < 1.29 is 19.0 Å². The van der Waals surface area contributed by atoms with Crippen LogP contribution in [0.15, 0.2) is 65.4 Å². The smallest absolute Gasteiger partial charge is 0.251 e. The van der Waals surface area contributed by atoms with Crippen molar-refractivity contribution in [2.75, 3.05) is 13.7 Å². The van der Waals surface area contributed by atoms with Crippen LogP contribution < -0.4 is 19.5 Å². The number of carbonyl (C=O) groups excluding carboxylic acids is 1. The highest BCUT2D eigenvalue weighted by Gasteiger charge is 2.15. The molecule has 30 heavy (non-hydrogen) atoms. The predicted octanol–water partition coefficient (Wildman–Crippen LogP) is 4.76. The Morgan fingerprint density at radius 2 is 1.90 bits per heavy atom. The molecular weight excluding hydrogens is 448 g/mol. The number of rotatable bonds is 9. The van der Waals surface area contributed by atoms with Gasteiger partial charge in [0.15, 0.2) is 11.5 Å². The van der Waals surface area contributed by atoms with E-state index in [9.17, 15) is 4.79 Å². The van der Waals surface area contributed by atoms with Gasteiger partial charge in [0.2, 0.25) is 0 Å². The van der Waals surface area contributed by atoms with Crippen LogP contribution in [-0.4, -0.2) is 24.6 Å². The summed E-state index contributed by atoms with van der Waals surface area (Å²) in [7, 11) is 1.55. The van der Waals surface area contributed by atoms with Gasteiger partial charge in [0, 0.05) is 30.1 Å². The fourth-order valence-corrected chi connectivity index (χ4v) is 3.33. The number of methoxy groups -OCH3 is 1. The molecule has 0 saturated heterocycles. The predicted molar refractivity (Wildman–Crippen MR) is 118 cm³/mol. The maximum atomic E-state index is 12.6. The molecule has 0 aliphatic rings. The van der Waals surface area contributed by atoms with Gasteiger partial charge < -0.3 is 19.5 Å². The fourth-order valence-electron chi connectivity index (χ4n) is 2.77. The number of pyridine rings is 1. The van der Waals surface area contributed by atoms with Crippen molar-refractivity contribution >= 4 is 21.8 Å². The molecule has 0 radical (unpaired) electrons. The quantitative estimate of drug-likeness (QED) is 0.488. The molecule has 156 valence electrons. The van der Waals surface area contributed by atoms with Crippen molar-refractivity contribution in [2.24, 2.45) is 0 Å². The first-order valence-corrected chi connectivity index (χ1v) is 10.3. The van der Waals surface area contributed by atoms with Crippen LogP contribution in [-0.2, 0) is 13.2 Å². The number of halogens is 1. The zero-order valence-corrected chi connectivity index (χ0v) is 18.4. The SMILES string of the molecule is CCOc1c(Br)cc(C(=O)NCc2ccc(OCc3cccnc3)cc2)cc1OC. The van der Waals surface area contributed by atoms with Crippen LogP contribution in [0.5, 0.6) is 17.2 Å². The molecular formula is C23H23BrN2O4. The molecule has 1 heterocycles. The van der Waals surface area contributed by atoms with Crippen molar-refractivity contribution in [3.8, 4) is 17.2 Å². The zero-order valence-electron chi connectivity index (χ0n) is 16.9. The first kappa shape index (κ1) is 21.6. The lowest BCUT2D eigenvalue weighted by molar-refractivity contribution is 0.0950. The van der Waals surface area contributed by atoms with E-state index in [1.165, 1.54) is 0 Å². The Labute approximate surface area is 184 Å². The summed E-state index contributed by atoms with van der Waals surface area (Å²) in [6.07, 6.45) is 3.51. The third kappa shape index (κ3) is 5.73. The summed E-state index contributed by atoms with van der Waals surface area (Å²) < 4.78 is 17.3. The number of nitrogens with one attached hydrogen (secondary N) is 1. The number of nitrogens with zero attached hydrogens (tertiary/aromatic N) is 1. The van der Waals surface area contributed by atoms with Gasteiger partial charge in [0.1, 0.15) is 12.4 Å². The molecule has 0 fully saturated rings. The molecule has 0 spiro atoms. The van der Waals surface area contributed by atoms with E-state index in [0.29, 0.717) is 41.3 Å². The molecule has 1 amide bonds. The number of ether oxygens (including phenoxy) is 3. The second-order valence-electron chi connectivity index (χ2n) is 6.40. The van der Waals surface area contributed by atoms with Gasteiger partial charge in [-0.15, -0.1) is 0 Å². The van der Waals surface area contributed by atoms with Crippen LogP contribution in [0, 0.1) is 0 Å². The standard InChI is InChI=1S/C23H23BrN2O4/c1-3-29-22-20(24)11-18(12-21(22)28-2)23(27)26-14-16-6-8-19(9-7-16)30-15-17-5-4-10-25-13-17/h4-13H,3,14-15H2,1-2H3,(H,26,27). The number of benzene rings is 2. The minimum absolute atomic E-state index is 0.200. The van der Waals surface area contributed by atoms with Gasteiger partial charge >= 0.3 is 0 Å². The van der Waals surface area contributed by atoms with E-state index in [1.807, 2.05) is 43.3 Å². The maximum Gasteiger partial charge on any atom is 0.251 e. The summed E-state index contributed by atoms with van der Waals surface area (Å²) in [6, 6.07) is 14.8. The minimum atomic E-state index is -0.200. The second kappa shape index (κ2) is 10.6. The lowest BCUT2D eigenvalue weighted by Crippen LogP contribution is -2.22. The highest BCUT2D eigenvalue weighted by atomic mass is 79.9. The summed E-state index contributed by atoms with van der Waals surface area (Å²) in [5.74, 6) is 1.65. The Hall–Kier alpha value is -3.06. The van der Waals surface area contributed by atoms with Crippen LogP contribution in [0.2, 0.25) is 0 Å². The molecule has 3 rings (SSSR count). The van der Waals surface area contributed by atoms with Crippen molar-refractivity contribution in [1.29, 1.82) is 0 Å². The summed E-state index contributed by atoms with van der Waals surface area (Å²) in [5, 5.41) is 2.92. The van der Waals surface area contributed by atoms with E-state index in [-0.39, 0.29) is 5.91 Å². The maximum absolute atomic E-state index is 12.6. The van der Waals surface area contributed by atoms with Gasteiger partial charge in [-0.3, -0.25) is 9.78 Å². The molecule has 7 heteroatoms. The third-order valence-corrected chi connectivity index (χ3v) is 4.87. The molecule has 1 N–H and O–H groups in total. The fraction of sp³-hybridized carbons (Fsp3) is 0.217. The van der Waals surface area contributed by atoms with Crippen molar-refractivity contribution in [3.63, 3.8) is 0 Å². The van der Waals surface area contributed by atoms with Crippen molar-refractivity contribution in [1.82, 2.24) is 10.3 Å². The van der Waals surface area contributed by atoms with Crippen molar-refractivity contribution in [2.45, 2.75) is 20.1 Å². The lowest BCUT2D eigenvalue weighted by Gasteiger charge is -2.13. The normalized spacial score (nSPS) is 10.4. The number of hydrogen-bond donors (Lipinski definition) is 1. The van der Waals surface area contributed by atoms with Gasteiger partial charge in [-0.05, 0) is 58.7 Å². The number of carbonyl (C=O) groups is 1. The molecule has 3 aromatic rings. The summed E-state index contributed by atoms with van der Waals surface area (Å²) in [6.45, 7) is 3.25. The van der Waals surface area contributed by atoms with E-state index >= 15 is 0 Å². The minimum Gasteiger partial charge on any atom is -0.493 e. The average molecular weight is 471 g/mol. The largest absolute Gasteiger partial charge is 0.493 e. The molecule has 2 aromatic carbocycles. The number of hydrogen-bond acceptors (Lipinski definition) is 5. The van der Waals surface area contributed by atoms with E-state index in [2.05, 4.69) is 26.2 Å². The Balaban J connectivity index is 1.57. The van der Waals surface area contributed by atoms with Crippen LogP contribution in [0.1, 0.15) is 28.4 Å². The van der Waals surface area contributed by atoms with E-state index in [4.69, 9.17) is 14.2 Å². The second-order valence-corrected chi connectivity index (χ2v) is 7.25. The van der Waals surface area contributed by atoms with Gasteiger partial charge in [-0.2, -0.15) is 0 Å². The van der Waals surface area contributed by atoms with Crippen molar-refractivity contribution in [3.05, 3.63) is 82.1 Å². The summed E-state index contributed by atoms with van der Waals surface area (Å²) in [5.41, 5.74) is 2.46. The van der Waals surface area contributed by atoms with Crippen LogP contribution in [0.25, 0.3) is 0 Å². The van der Waals surface area contributed by atoms with E-state index < -0.39 is 0 Å². The topological polar surface area (TPSA) is 69.7 Å². The highest BCUT2D eigenvalue weighted by molar-refractivity contribution is 9.10. The van der Waals surface area contributed by atoms with Crippen LogP contribution in [0.4, 0.5) is 0 Å². The van der Waals surface area contributed by atoms with Crippen LogP contribution >= 0.6 is 15.9 Å². The van der Waals surface area contributed by atoms with Gasteiger partial charge in [0.05, 0.1) is 18.2 Å². The third-order valence-electron chi connectivity index (χ3n) is 4.29. The molecule has 1 aromatic heterocycles. The monoisotopic (exact) mass is 470 g/mol. The average Bonchev–Trinajstić information content (AvgIpc) is 2.78. The van der Waals surface area contributed by atoms with E-state index in [1.54, 1.807) is 31.6 Å². The van der Waals surface area contributed by atoms with Crippen LogP contribution in [0.3, 0.4) is 0 Å². The summed E-state index contributed by atoms with van der Waals surface area (Å²) in [4.78, 5) is 16.6. The molecule has 0 atom stereocenters. The Morgan fingerprint density at radius 3 is 2.57 bits per heavy atom. The van der Waals surface area contributed by atoms with Gasteiger partial charge in [-0.1, -0.05) is 18.2 Å². The Morgan fingerprint density at radius 1 is 1.10 bits per heavy atom. The first-order chi connectivity index (χ1) is 14.6. The Bertz CT molecular complexity index is 978. The number of aromatic nitrogens is 1. The summed E-state index contributed by atoms with van der Waals surface area (Å²) >= 11 is 3.44.